The van der Waals surface area contributed by atoms with Gasteiger partial charge in [0.05, 0.1) is 19.8 Å². The van der Waals surface area contributed by atoms with Gasteiger partial charge in [-0.05, 0) is 26.2 Å². The van der Waals surface area contributed by atoms with E-state index in [4.69, 9.17) is 4.74 Å². The normalized spacial score (nSPS) is 19.7. The lowest BCUT2D eigenvalue weighted by Gasteiger charge is -2.34. The van der Waals surface area contributed by atoms with Gasteiger partial charge in [0.2, 0.25) is 0 Å². The summed E-state index contributed by atoms with van der Waals surface area (Å²) in [6.07, 6.45) is 7.25. The third-order valence-corrected chi connectivity index (χ3v) is 5.82. The van der Waals surface area contributed by atoms with Crippen LogP contribution in [-0.2, 0) is 20.8 Å². The van der Waals surface area contributed by atoms with Crippen molar-refractivity contribution in [1.29, 1.82) is 0 Å². The van der Waals surface area contributed by atoms with E-state index < -0.39 is 12.2 Å². The van der Waals surface area contributed by atoms with Gasteiger partial charge in [0, 0.05) is 56.4 Å². The van der Waals surface area contributed by atoms with E-state index in [9.17, 15) is 9.59 Å². The molecule has 2 fully saturated rings. The molecule has 31 heavy (non-hydrogen) atoms. The molecule has 0 spiro atoms. The van der Waals surface area contributed by atoms with Gasteiger partial charge in [-0.2, -0.15) is 0 Å². The van der Waals surface area contributed by atoms with E-state index in [1.807, 2.05) is 15.7 Å². The van der Waals surface area contributed by atoms with Gasteiger partial charge in [-0.1, -0.05) is 0 Å². The van der Waals surface area contributed by atoms with Crippen molar-refractivity contribution in [2.45, 2.75) is 50.9 Å². The molecule has 2 N–H and O–H groups in total. The minimum atomic E-state index is -0.444. The molecule has 168 valence electrons. The predicted octanol–water partition coefficient (Wildman–Crippen LogP) is 1.22. The van der Waals surface area contributed by atoms with Crippen LogP contribution in [0, 0.1) is 0 Å². The molecule has 1 saturated heterocycles. The summed E-state index contributed by atoms with van der Waals surface area (Å²) >= 11 is 0. The van der Waals surface area contributed by atoms with Crippen LogP contribution in [0.5, 0.6) is 0 Å². The lowest BCUT2D eigenvalue weighted by molar-refractivity contribution is -0.148. The minimum Gasteiger partial charge on any atom is -0.453 e. The number of morpholine rings is 1. The van der Waals surface area contributed by atoms with Gasteiger partial charge in [0.15, 0.2) is 5.65 Å². The van der Waals surface area contributed by atoms with E-state index in [0.717, 1.165) is 42.5 Å². The maximum atomic E-state index is 13.3. The van der Waals surface area contributed by atoms with Gasteiger partial charge in [-0.3, -0.25) is 9.78 Å². The zero-order chi connectivity index (χ0) is 21.8. The Morgan fingerprint density at radius 2 is 2.19 bits per heavy atom. The second kappa shape index (κ2) is 9.61. The fourth-order valence-corrected chi connectivity index (χ4v) is 4.10. The van der Waals surface area contributed by atoms with E-state index in [1.54, 1.807) is 12.4 Å². The first kappa shape index (κ1) is 21.5. The number of fused-ring (bicyclic) bond motifs is 1. The van der Waals surface area contributed by atoms with E-state index in [1.165, 1.54) is 7.11 Å². The van der Waals surface area contributed by atoms with Gasteiger partial charge < -0.3 is 29.6 Å². The molecule has 1 saturated carbocycles. The van der Waals surface area contributed by atoms with E-state index in [-0.39, 0.29) is 18.0 Å². The SMILES string of the molecule is COC(=O)NCCCn1cc([C@@H](C)N(C(=O)[C@H]2CNCCO2)C2CC2)c2nccnc21. The molecule has 2 aliphatic rings. The fourth-order valence-electron chi connectivity index (χ4n) is 4.10. The molecule has 0 radical (unpaired) electrons. The smallest absolute Gasteiger partial charge is 0.406 e. The monoisotopic (exact) mass is 430 g/mol. The number of hydrogen-bond acceptors (Lipinski definition) is 7. The molecule has 0 bridgehead atoms. The van der Waals surface area contributed by atoms with Gasteiger partial charge in [-0.15, -0.1) is 0 Å². The molecule has 10 heteroatoms. The highest BCUT2D eigenvalue weighted by molar-refractivity contribution is 5.84. The van der Waals surface area contributed by atoms with Crippen molar-refractivity contribution in [2.24, 2.45) is 0 Å². The number of rotatable bonds is 8. The molecule has 0 unspecified atom stereocenters. The zero-order valence-corrected chi connectivity index (χ0v) is 18.0. The Bertz CT molecular complexity index is 922. The van der Waals surface area contributed by atoms with E-state index in [2.05, 4.69) is 32.3 Å². The Morgan fingerprint density at radius 3 is 2.90 bits per heavy atom. The van der Waals surface area contributed by atoms with Crippen LogP contribution in [0.4, 0.5) is 4.79 Å². The van der Waals surface area contributed by atoms with Crippen molar-refractivity contribution >= 4 is 23.2 Å². The number of nitrogens with zero attached hydrogens (tertiary/aromatic N) is 4. The van der Waals surface area contributed by atoms with Crippen LogP contribution in [0.25, 0.3) is 11.2 Å². The summed E-state index contributed by atoms with van der Waals surface area (Å²) in [5.41, 5.74) is 2.56. The Kier molecular flexibility index (Phi) is 6.67. The van der Waals surface area contributed by atoms with Crippen molar-refractivity contribution in [1.82, 2.24) is 30.1 Å². The number of ether oxygens (including phenoxy) is 2. The molecule has 4 rings (SSSR count). The molecule has 2 atom stereocenters. The molecule has 2 aromatic rings. The summed E-state index contributed by atoms with van der Waals surface area (Å²) in [5.74, 6) is 0.0364. The van der Waals surface area contributed by atoms with Crippen molar-refractivity contribution in [3.63, 3.8) is 0 Å². The van der Waals surface area contributed by atoms with Crippen molar-refractivity contribution in [3.8, 4) is 0 Å². The first-order valence-electron chi connectivity index (χ1n) is 10.9. The van der Waals surface area contributed by atoms with Crippen LogP contribution in [0.3, 0.4) is 0 Å². The quantitative estimate of drug-likeness (QED) is 0.606. The average molecular weight is 431 g/mol. The topological polar surface area (TPSA) is 111 Å². The predicted molar refractivity (Wildman–Crippen MR) is 113 cm³/mol. The number of carbonyl (C=O) groups excluding carboxylic acids is 2. The molecule has 1 aliphatic carbocycles. The third kappa shape index (κ3) is 4.80. The van der Waals surface area contributed by atoms with Crippen LogP contribution in [0.2, 0.25) is 0 Å². The second-order valence-electron chi connectivity index (χ2n) is 7.99. The first-order chi connectivity index (χ1) is 15.1. The van der Waals surface area contributed by atoms with Gasteiger partial charge in [0.25, 0.3) is 5.91 Å². The summed E-state index contributed by atoms with van der Waals surface area (Å²) in [7, 11) is 1.35. The maximum Gasteiger partial charge on any atom is 0.406 e. The number of amides is 2. The van der Waals surface area contributed by atoms with Gasteiger partial charge in [0.1, 0.15) is 11.6 Å². The standard InChI is InChI=1S/C21H30N6O4/c1-14(27(15-4-5-15)20(28)17-12-22-9-11-31-17)16-13-26(10-3-6-25-21(29)30-2)19-18(16)23-7-8-24-19/h7-8,13-15,17,22H,3-6,9-12H2,1-2H3,(H,25,29)/t14-,17-/m1/s1. The molecule has 0 aromatic carbocycles. The molecule has 2 aromatic heterocycles. The molecular weight excluding hydrogens is 400 g/mol. The summed E-state index contributed by atoms with van der Waals surface area (Å²) < 4.78 is 12.4. The molecule has 10 nitrogen and oxygen atoms in total. The number of alkyl carbamates (subject to hydrolysis) is 1. The average Bonchev–Trinajstić information content (AvgIpc) is 3.57. The van der Waals surface area contributed by atoms with Crippen LogP contribution >= 0.6 is 0 Å². The highest BCUT2D eigenvalue weighted by atomic mass is 16.5. The van der Waals surface area contributed by atoms with Gasteiger partial charge in [-0.25, -0.2) is 9.78 Å². The summed E-state index contributed by atoms with van der Waals surface area (Å²) in [6, 6.07) is 0.103. The summed E-state index contributed by atoms with van der Waals surface area (Å²) in [4.78, 5) is 35.6. The second-order valence-corrected chi connectivity index (χ2v) is 7.99. The Labute approximate surface area is 181 Å². The van der Waals surface area contributed by atoms with Crippen molar-refractivity contribution in [3.05, 3.63) is 24.2 Å². The number of methoxy groups -OCH3 is 1. The Balaban J connectivity index is 1.54. The van der Waals surface area contributed by atoms with Crippen molar-refractivity contribution < 1.29 is 19.1 Å². The van der Waals surface area contributed by atoms with Crippen LogP contribution < -0.4 is 10.6 Å². The number of nitrogens with one attached hydrogen (secondary N) is 2. The fraction of sp³-hybridized carbons (Fsp3) is 0.619. The summed E-state index contributed by atoms with van der Waals surface area (Å²) in [5, 5.41) is 5.94. The number of hydrogen-bond donors (Lipinski definition) is 2. The lowest BCUT2D eigenvalue weighted by Crippen LogP contribution is -2.50. The molecule has 2 amide bonds. The van der Waals surface area contributed by atoms with Crippen LogP contribution in [-0.4, -0.2) is 76.9 Å². The third-order valence-electron chi connectivity index (χ3n) is 5.82. The minimum absolute atomic E-state index is 0.0364. The van der Waals surface area contributed by atoms with Crippen LogP contribution in [0.15, 0.2) is 18.6 Å². The number of carbonyl (C=O) groups is 2. The van der Waals surface area contributed by atoms with Crippen LogP contribution in [0.1, 0.15) is 37.8 Å². The first-order valence-corrected chi connectivity index (χ1v) is 10.9. The Morgan fingerprint density at radius 1 is 1.39 bits per heavy atom. The number of aryl methyl sites for hydroxylation is 1. The summed E-state index contributed by atoms with van der Waals surface area (Å²) in [6.45, 7) is 5.09. The lowest BCUT2D eigenvalue weighted by atomic mass is 10.1. The largest absolute Gasteiger partial charge is 0.453 e. The molecular formula is C21H30N6O4. The molecule has 3 heterocycles. The van der Waals surface area contributed by atoms with Gasteiger partial charge >= 0.3 is 6.09 Å². The zero-order valence-electron chi connectivity index (χ0n) is 18.0. The highest BCUT2D eigenvalue weighted by Crippen LogP contribution is 2.37. The Hall–Kier alpha value is -2.72. The van der Waals surface area contributed by atoms with E-state index >= 15 is 0 Å². The molecule has 1 aliphatic heterocycles. The van der Waals surface area contributed by atoms with Crippen molar-refractivity contribution in [2.75, 3.05) is 33.4 Å². The highest BCUT2D eigenvalue weighted by Gasteiger charge is 2.40. The maximum absolute atomic E-state index is 13.3. The number of aromatic nitrogens is 3. The van der Waals surface area contributed by atoms with E-state index in [0.29, 0.717) is 26.2 Å².